The Labute approximate surface area is 85.4 Å². The van der Waals surface area contributed by atoms with E-state index in [0.717, 1.165) is 0 Å². The first-order valence-corrected chi connectivity index (χ1v) is 4.12. The minimum absolute atomic E-state index is 0.0886. The van der Waals surface area contributed by atoms with Gasteiger partial charge in [0.2, 0.25) is 5.24 Å². The van der Waals surface area contributed by atoms with Crippen molar-refractivity contribution in [2.45, 2.75) is 6.54 Å². The summed E-state index contributed by atoms with van der Waals surface area (Å²) >= 11 is 5.19. The number of rotatable bonds is 4. The third kappa shape index (κ3) is 3.09. The second-order valence-corrected chi connectivity index (χ2v) is 3.12. The van der Waals surface area contributed by atoms with E-state index in [1.54, 1.807) is 4.90 Å². The van der Waals surface area contributed by atoms with Crippen LogP contribution in [0.25, 0.3) is 0 Å². The van der Waals surface area contributed by atoms with Crippen molar-refractivity contribution in [2.24, 2.45) is 4.99 Å². The van der Waals surface area contributed by atoms with E-state index in [2.05, 4.69) is 20.5 Å². The zero-order chi connectivity index (χ0) is 10.6. The highest BCUT2D eigenvalue weighted by atomic mass is 35.5. The van der Waals surface area contributed by atoms with E-state index in [0.29, 0.717) is 0 Å². The molecule has 8 heteroatoms. The summed E-state index contributed by atoms with van der Waals surface area (Å²) in [6.45, 7) is -0.0886. The molecule has 14 heavy (non-hydrogen) atoms. The Morgan fingerprint density at radius 1 is 1.71 bits per heavy atom. The van der Waals surface area contributed by atoms with Gasteiger partial charge in [-0.05, 0) is 22.0 Å². The smallest absolute Gasteiger partial charge is 0.270 e. The van der Waals surface area contributed by atoms with Crippen LogP contribution in [0, 0.1) is 0 Å². The monoisotopic (exact) mass is 216 g/mol. The lowest BCUT2D eigenvalue weighted by Gasteiger charge is -2.01. The van der Waals surface area contributed by atoms with Gasteiger partial charge in [0, 0.05) is 14.1 Å². The first-order chi connectivity index (χ1) is 6.59. The fraction of sp³-hybridized carbons (Fsp3) is 0.500. The van der Waals surface area contributed by atoms with Gasteiger partial charge in [0.15, 0.2) is 0 Å². The molecule has 0 aliphatic heterocycles. The molecule has 0 fully saturated rings. The first kappa shape index (κ1) is 10.6. The SMILES string of the molecule is CN(C)C=Nc1nnnn1CC(=O)Cl. The van der Waals surface area contributed by atoms with E-state index >= 15 is 0 Å². The number of carbonyl (C=O) groups excluding carboxylic acids is 1. The maximum absolute atomic E-state index is 10.6. The van der Waals surface area contributed by atoms with E-state index in [1.807, 2.05) is 14.1 Å². The predicted octanol–water partition coefficient (Wildman–Crippen LogP) is -0.340. The molecule has 0 unspecified atom stereocenters. The Kier molecular flexibility index (Phi) is 3.52. The summed E-state index contributed by atoms with van der Waals surface area (Å²) in [5.74, 6) is 0.243. The fourth-order valence-electron chi connectivity index (χ4n) is 0.680. The second-order valence-electron chi connectivity index (χ2n) is 2.70. The topological polar surface area (TPSA) is 76.3 Å². The molecule has 0 amide bonds. The van der Waals surface area contributed by atoms with Gasteiger partial charge in [0.1, 0.15) is 6.54 Å². The van der Waals surface area contributed by atoms with Crippen LogP contribution in [0.2, 0.25) is 0 Å². The normalized spacial score (nSPS) is 10.8. The van der Waals surface area contributed by atoms with Crippen LogP contribution in [0.5, 0.6) is 0 Å². The maximum Gasteiger partial charge on any atom is 0.270 e. The molecule has 76 valence electrons. The molecule has 0 bridgehead atoms. The molecule has 0 spiro atoms. The summed E-state index contributed by atoms with van der Waals surface area (Å²) in [4.78, 5) is 16.2. The minimum atomic E-state index is -0.543. The van der Waals surface area contributed by atoms with Crippen LogP contribution < -0.4 is 0 Å². The van der Waals surface area contributed by atoms with Crippen molar-refractivity contribution in [2.75, 3.05) is 14.1 Å². The number of aromatic nitrogens is 4. The Bertz CT molecular complexity index is 346. The lowest BCUT2D eigenvalue weighted by molar-refractivity contribution is -0.112. The average Bonchev–Trinajstić information content (AvgIpc) is 2.47. The van der Waals surface area contributed by atoms with E-state index < -0.39 is 5.24 Å². The Hall–Kier alpha value is -1.50. The van der Waals surface area contributed by atoms with Gasteiger partial charge in [-0.25, -0.2) is 9.67 Å². The predicted molar refractivity (Wildman–Crippen MR) is 50.5 cm³/mol. The van der Waals surface area contributed by atoms with Gasteiger partial charge < -0.3 is 4.90 Å². The number of hydrogen-bond donors (Lipinski definition) is 0. The number of tetrazole rings is 1. The first-order valence-electron chi connectivity index (χ1n) is 3.74. The van der Waals surface area contributed by atoms with Crippen molar-refractivity contribution in [3.05, 3.63) is 0 Å². The lowest BCUT2D eigenvalue weighted by atomic mass is 10.7. The quantitative estimate of drug-likeness (QED) is 0.391. The zero-order valence-electron chi connectivity index (χ0n) is 7.75. The molecule has 0 N–H and O–H groups in total. The zero-order valence-corrected chi connectivity index (χ0v) is 8.51. The van der Waals surface area contributed by atoms with Crippen LogP contribution in [0.3, 0.4) is 0 Å². The molecule has 0 saturated heterocycles. The van der Waals surface area contributed by atoms with E-state index in [9.17, 15) is 4.79 Å². The summed E-state index contributed by atoms with van der Waals surface area (Å²) in [5.41, 5.74) is 0. The van der Waals surface area contributed by atoms with Crippen molar-refractivity contribution in [3.63, 3.8) is 0 Å². The third-order valence-corrected chi connectivity index (χ3v) is 1.31. The largest absolute Gasteiger partial charge is 0.369 e. The fourth-order valence-corrected chi connectivity index (χ4v) is 0.793. The van der Waals surface area contributed by atoms with E-state index in [-0.39, 0.29) is 12.5 Å². The summed E-state index contributed by atoms with van der Waals surface area (Å²) in [6, 6.07) is 0. The molecule has 7 nitrogen and oxygen atoms in total. The van der Waals surface area contributed by atoms with Crippen LogP contribution >= 0.6 is 11.6 Å². The highest BCUT2D eigenvalue weighted by Gasteiger charge is 2.06. The molecule has 0 aliphatic carbocycles. The molecule has 1 rings (SSSR count). The molecule has 1 aromatic rings. The van der Waals surface area contributed by atoms with E-state index in [4.69, 9.17) is 11.6 Å². The minimum Gasteiger partial charge on any atom is -0.369 e. The molecular formula is C6H9ClN6O. The van der Waals surface area contributed by atoms with Crippen LogP contribution in [-0.2, 0) is 11.3 Å². The highest BCUT2D eigenvalue weighted by Crippen LogP contribution is 2.03. The summed E-state index contributed by atoms with van der Waals surface area (Å²) in [7, 11) is 3.62. The standard InChI is InChI=1S/C6H9ClN6O/c1-12(2)4-8-6-9-10-11-13(6)3-5(7)14/h4H,3H2,1-2H3. The van der Waals surface area contributed by atoms with Crippen LogP contribution in [-0.4, -0.2) is 50.8 Å². The Morgan fingerprint density at radius 3 is 3.00 bits per heavy atom. The van der Waals surface area contributed by atoms with E-state index in [1.165, 1.54) is 11.0 Å². The Morgan fingerprint density at radius 2 is 2.43 bits per heavy atom. The van der Waals surface area contributed by atoms with Crippen molar-refractivity contribution in [1.82, 2.24) is 25.1 Å². The number of nitrogens with zero attached hydrogens (tertiary/aromatic N) is 6. The van der Waals surface area contributed by atoms with Crippen molar-refractivity contribution in [1.29, 1.82) is 0 Å². The van der Waals surface area contributed by atoms with Crippen LogP contribution in [0.1, 0.15) is 0 Å². The van der Waals surface area contributed by atoms with Crippen molar-refractivity contribution >= 4 is 29.1 Å². The van der Waals surface area contributed by atoms with Gasteiger partial charge in [-0.15, -0.1) is 0 Å². The summed E-state index contributed by atoms with van der Waals surface area (Å²) < 4.78 is 1.22. The molecule has 0 atom stereocenters. The number of aliphatic imine (C=N–C) groups is 1. The molecule has 0 radical (unpaired) electrons. The van der Waals surface area contributed by atoms with Gasteiger partial charge >= 0.3 is 0 Å². The molecule has 1 aromatic heterocycles. The van der Waals surface area contributed by atoms with Crippen LogP contribution in [0.4, 0.5) is 5.95 Å². The van der Waals surface area contributed by atoms with Gasteiger partial charge in [-0.1, -0.05) is 5.10 Å². The van der Waals surface area contributed by atoms with Gasteiger partial charge in [-0.3, -0.25) is 4.79 Å². The number of carbonyl (C=O) groups is 1. The van der Waals surface area contributed by atoms with Gasteiger partial charge in [-0.2, -0.15) is 0 Å². The molecule has 0 aromatic carbocycles. The van der Waals surface area contributed by atoms with Crippen LogP contribution in [0.15, 0.2) is 4.99 Å². The Balaban J connectivity index is 2.77. The van der Waals surface area contributed by atoms with Gasteiger partial charge in [0.25, 0.3) is 5.95 Å². The van der Waals surface area contributed by atoms with Crippen molar-refractivity contribution < 1.29 is 4.79 Å². The summed E-state index contributed by atoms with van der Waals surface area (Å²) in [5, 5.41) is 9.99. The van der Waals surface area contributed by atoms with Crippen molar-refractivity contribution in [3.8, 4) is 0 Å². The summed E-state index contributed by atoms with van der Waals surface area (Å²) in [6.07, 6.45) is 1.53. The molecular weight excluding hydrogens is 208 g/mol. The number of hydrogen-bond acceptors (Lipinski definition) is 5. The maximum atomic E-state index is 10.6. The second kappa shape index (κ2) is 4.66. The average molecular weight is 217 g/mol. The third-order valence-electron chi connectivity index (χ3n) is 1.19. The molecule has 0 aliphatic rings. The molecule has 1 heterocycles. The highest BCUT2D eigenvalue weighted by molar-refractivity contribution is 6.63. The van der Waals surface area contributed by atoms with Gasteiger partial charge in [0.05, 0.1) is 6.34 Å². The number of halogens is 1. The lowest BCUT2D eigenvalue weighted by Crippen LogP contribution is -2.09. The molecule has 0 saturated carbocycles.